The van der Waals surface area contributed by atoms with Gasteiger partial charge in [0, 0.05) is 0 Å². The van der Waals surface area contributed by atoms with Gasteiger partial charge in [-0.15, -0.1) is 0 Å². The van der Waals surface area contributed by atoms with Crippen molar-refractivity contribution in [2.45, 2.75) is 20.4 Å². The molecular formula is C10H15N3O3. The van der Waals surface area contributed by atoms with Crippen molar-refractivity contribution in [3.8, 4) is 0 Å². The molecule has 0 bridgehead atoms. The lowest BCUT2D eigenvalue weighted by Crippen LogP contribution is -2.45. The van der Waals surface area contributed by atoms with Gasteiger partial charge < -0.3 is 20.7 Å². The third-order valence-corrected chi connectivity index (χ3v) is 2.32. The van der Waals surface area contributed by atoms with E-state index in [2.05, 4.69) is 10.5 Å². The Balaban J connectivity index is 2.59. The Hall–Kier alpha value is -1.98. The summed E-state index contributed by atoms with van der Waals surface area (Å²) in [5, 5.41) is 14.0. The molecule has 0 saturated heterocycles. The van der Waals surface area contributed by atoms with Crippen LogP contribution in [-0.4, -0.2) is 17.0 Å². The fourth-order valence-corrected chi connectivity index (χ4v) is 1.04. The highest BCUT2D eigenvalue weighted by Gasteiger charge is 2.32. The molecule has 0 aromatic carbocycles. The average Bonchev–Trinajstić information content (AvgIpc) is 2.77. The van der Waals surface area contributed by atoms with Gasteiger partial charge >= 0.3 is 0 Å². The number of furan rings is 1. The minimum absolute atomic E-state index is 0.135. The van der Waals surface area contributed by atoms with Gasteiger partial charge in [-0.25, -0.2) is 0 Å². The fourth-order valence-electron chi connectivity index (χ4n) is 1.04. The molecule has 0 aliphatic carbocycles. The Bertz CT molecular complexity index is 382. The standard InChI is InChI=1S/C10H15N3O3/c1-10(2,8(11)13-15)9(14)12-6-7-4-3-5-16-7/h3-5,15H,6H2,1-2H3,(H2,11,13)(H,12,14). The fraction of sp³-hybridized carbons (Fsp3) is 0.400. The third-order valence-electron chi connectivity index (χ3n) is 2.32. The van der Waals surface area contributed by atoms with Gasteiger partial charge in [-0.3, -0.25) is 4.79 Å². The molecule has 1 aromatic heterocycles. The molecular weight excluding hydrogens is 210 g/mol. The van der Waals surface area contributed by atoms with Gasteiger partial charge in [-0.05, 0) is 26.0 Å². The van der Waals surface area contributed by atoms with E-state index < -0.39 is 5.41 Å². The maximum Gasteiger partial charge on any atom is 0.233 e. The summed E-state index contributed by atoms with van der Waals surface area (Å²) < 4.78 is 5.06. The molecule has 1 heterocycles. The molecule has 0 saturated carbocycles. The molecule has 1 amide bonds. The summed E-state index contributed by atoms with van der Waals surface area (Å²) in [7, 11) is 0. The Kier molecular flexibility index (Phi) is 3.55. The van der Waals surface area contributed by atoms with Crippen LogP contribution in [0.1, 0.15) is 19.6 Å². The van der Waals surface area contributed by atoms with Gasteiger partial charge in [-0.2, -0.15) is 0 Å². The number of amidine groups is 1. The van der Waals surface area contributed by atoms with Crippen LogP contribution in [-0.2, 0) is 11.3 Å². The van der Waals surface area contributed by atoms with Crippen molar-refractivity contribution in [3.63, 3.8) is 0 Å². The predicted octanol–water partition coefficient (Wildman–Crippen LogP) is 0.668. The highest BCUT2D eigenvalue weighted by atomic mass is 16.4. The molecule has 0 spiro atoms. The Morgan fingerprint density at radius 1 is 1.69 bits per heavy atom. The van der Waals surface area contributed by atoms with Gasteiger partial charge in [0.1, 0.15) is 11.2 Å². The van der Waals surface area contributed by atoms with E-state index in [0.29, 0.717) is 5.76 Å². The first-order valence-electron chi connectivity index (χ1n) is 4.77. The van der Waals surface area contributed by atoms with Gasteiger partial charge in [0.05, 0.1) is 12.8 Å². The molecule has 0 atom stereocenters. The quantitative estimate of drug-likeness (QED) is 0.303. The molecule has 0 aliphatic rings. The van der Waals surface area contributed by atoms with Gasteiger partial charge in [0.2, 0.25) is 5.91 Å². The summed E-state index contributed by atoms with van der Waals surface area (Å²) in [5.74, 6) is 0.173. The van der Waals surface area contributed by atoms with Crippen LogP contribution < -0.4 is 11.1 Å². The van der Waals surface area contributed by atoms with Crippen molar-refractivity contribution >= 4 is 11.7 Å². The number of oxime groups is 1. The zero-order valence-corrected chi connectivity index (χ0v) is 9.23. The van der Waals surface area contributed by atoms with Crippen LogP contribution in [0.15, 0.2) is 28.0 Å². The molecule has 16 heavy (non-hydrogen) atoms. The van der Waals surface area contributed by atoms with Crippen LogP contribution in [0.2, 0.25) is 0 Å². The number of hydrogen-bond acceptors (Lipinski definition) is 4. The monoisotopic (exact) mass is 225 g/mol. The van der Waals surface area contributed by atoms with Crippen LogP contribution in [0, 0.1) is 5.41 Å². The van der Waals surface area contributed by atoms with Crippen LogP contribution in [0.3, 0.4) is 0 Å². The Labute approximate surface area is 93.1 Å². The first kappa shape index (κ1) is 12.1. The first-order valence-corrected chi connectivity index (χ1v) is 4.77. The highest BCUT2D eigenvalue weighted by molar-refractivity contribution is 6.05. The summed E-state index contributed by atoms with van der Waals surface area (Å²) in [5.41, 5.74) is 4.36. The van der Waals surface area contributed by atoms with Gasteiger partial charge in [0.25, 0.3) is 0 Å². The number of rotatable bonds is 4. The number of nitrogens with two attached hydrogens (primary N) is 1. The number of hydrogen-bond donors (Lipinski definition) is 3. The van der Waals surface area contributed by atoms with Crippen molar-refractivity contribution in [1.82, 2.24) is 5.32 Å². The second-order valence-electron chi connectivity index (χ2n) is 3.87. The van der Waals surface area contributed by atoms with E-state index in [-0.39, 0.29) is 18.3 Å². The molecule has 1 rings (SSSR count). The van der Waals surface area contributed by atoms with Gasteiger partial charge in [0.15, 0.2) is 5.84 Å². The van der Waals surface area contributed by atoms with Crippen molar-refractivity contribution in [3.05, 3.63) is 24.2 Å². The largest absolute Gasteiger partial charge is 0.467 e. The minimum atomic E-state index is -1.05. The normalized spacial score (nSPS) is 12.5. The van der Waals surface area contributed by atoms with E-state index in [0.717, 1.165) is 0 Å². The predicted molar refractivity (Wildman–Crippen MR) is 57.7 cm³/mol. The molecule has 0 radical (unpaired) electrons. The lowest BCUT2D eigenvalue weighted by molar-refractivity contribution is -0.126. The molecule has 4 N–H and O–H groups in total. The molecule has 6 heteroatoms. The van der Waals surface area contributed by atoms with Crippen molar-refractivity contribution in [2.24, 2.45) is 16.3 Å². The van der Waals surface area contributed by atoms with Crippen LogP contribution in [0.5, 0.6) is 0 Å². The topological polar surface area (TPSA) is 101 Å². The second kappa shape index (κ2) is 4.69. The molecule has 1 aromatic rings. The third kappa shape index (κ3) is 2.53. The molecule has 88 valence electrons. The summed E-state index contributed by atoms with van der Waals surface area (Å²) in [4.78, 5) is 11.7. The molecule has 0 aliphatic heterocycles. The number of carbonyl (C=O) groups is 1. The molecule has 6 nitrogen and oxygen atoms in total. The maximum atomic E-state index is 11.7. The smallest absolute Gasteiger partial charge is 0.233 e. The minimum Gasteiger partial charge on any atom is -0.467 e. The number of nitrogens with zero attached hydrogens (tertiary/aromatic N) is 1. The Morgan fingerprint density at radius 2 is 2.38 bits per heavy atom. The lowest BCUT2D eigenvalue weighted by atomic mass is 9.91. The molecule has 0 fully saturated rings. The average molecular weight is 225 g/mol. The summed E-state index contributed by atoms with van der Waals surface area (Å²) in [6, 6.07) is 3.48. The lowest BCUT2D eigenvalue weighted by Gasteiger charge is -2.21. The maximum absolute atomic E-state index is 11.7. The van der Waals surface area contributed by atoms with Crippen LogP contribution in [0.25, 0.3) is 0 Å². The summed E-state index contributed by atoms with van der Waals surface area (Å²) >= 11 is 0. The molecule has 0 unspecified atom stereocenters. The van der Waals surface area contributed by atoms with Gasteiger partial charge in [-0.1, -0.05) is 5.16 Å². The Morgan fingerprint density at radius 3 is 2.88 bits per heavy atom. The highest BCUT2D eigenvalue weighted by Crippen LogP contribution is 2.15. The number of carbonyl (C=O) groups excluding carboxylic acids is 1. The zero-order chi connectivity index (χ0) is 12.2. The van der Waals surface area contributed by atoms with E-state index in [1.165, 1.54) is 6.26 Å². The van der Waals surface area contributed by atoms with Crippen molar-refractivity contribution in [1.29, 1.82) is 0 Å². The van der Waals surface area contributed by atoms with E-state index in [9.17, 15) is 4.79 Å². The second-order valence-corrected chi connectivity index (χ2v) is 3.87. The number of nitrogens with one attached hydrogen (secondary N) is 1. The van der Waals surface area contributed by atoms with E-state index in [4.69, 9.17) is 15.4 Å². The van der Waals surface area contributed by atoms with E-state index in [1.807, 2.05) is 0 Å². The zero-order valence-electron chi connectivity index (χ0n) is 9.23. The SMILES string of the molecule is CC(C)(C(=O)NCc1ccco1)C(N)=NO. The van der Waals surface area contributed by atoms with Crippen molar-refractivity contribution in [2.75, 3.05) is 0 Å². The van der Waals surface area contributed by atoms with E-state index >= 15 is 0 Å². The van der Waals surface area contributed by atoms with Crippen molar-refractivity contribution < 1.29 is 14.4 Å². The first-order chi connectivity index (χ1) is 7.48. The number of amides is 1. The summed E-state index contributed by atoms with van der Waals surface area (Å²) in [6.45, 7) is 3.41. The summed E-state index contributed by atoms with van der Waals surface area (Å²) in [6.07, 6.45) is 1.52. The van der Waals surface area contributed by atoms with Crippen LogP contribution >= 0.6 is 0 Å². The van der Waals surface area contributed by atoms with E-state index in [1.54, 1.807) is 26.0 Å². The van der Waals surface area contributed by atoms with Crippen LogP contribution in [0.4, 0.5) is 0 Å².